The van der Waals surface area contributed by atoms with Crippen molar-refractivity contribution in [3.63, 3.8) is 0 Å². The largest absolute Gasteiger partial charge is 0.352 e. The smallest absolute Gasteiger partial charge is 0.254 e. The summed E-state index contributed by atoms with van der Waals surface area (Å²) in [6.07, 6.45) is 4.28. The molecule has 0 aliphatic heterocycles. The molecule has 2 nitrogen and oxygen atoms in total. The summed E-state index contributed by atoms with van der Waals surface area (Å²) in [6, 6.07) is 2.99. The van der Waals surface area contributed by atoms with Crippen LogP contribution in [-0.4, -0.2) is 12.5 Å². The van der Waals surface area contributed by atoms with Gasteiger partial charge in [-0.05, 0) is 24.5 Å². The number of carbonyl (C=O) groups is 1. The van der Waals surface area contributed by atoms with Gasteiger partial charge in [-0.15, -0.1) is 0 Å². The van der Waals surface area contributed by atoms with E-state index in [0.717, 1.165) is 37.8 Å². The minimum Gasteiger partial charge on any atom is -0.352 e. The van der Waals surface area contributed by atoms with Gasteiger partial charge in [0.1, 0.15) is 11.6 Å². The number of amides is 1. The van der Waals surface area contributed by atoms with E-state index in [1.807, 2.05) is 0 Å². The molecule has 0 unspecified atom stereocenters. The van der Waals surface area contributed by atoms with Crippen LogP contribution in [0.1, 0.15) is 49.9 Å². The van der Waals surface area contributed by atoms with E-state index in [2.05, 4.69) is 19.2 Å². The Bertz CT molecular complexity index is 421. The number of benzene rings is 1. The maximum absolute atomic E-state index is 13.4. The fraction of sp³-hybridized carbons (Fsp3) is 0.533. The molecule has 0 fully saturated rings. The summed E-state index contributed by atoms with van der Waals surface area (Å²) < 4.78 is 26.2. The maximum Gasteiger partial charge on any atom is 0.254 e. The number of nitrogens with one attached hydrogen (secondary N) is 1. The van der Waals surface area contributed by atoms with Crippen LogP contribution in [0.15, 0.2) is 18.2 Å². The Morgan fingerprint density at radius 2 is 2.05 bits per heavy atom. The normalized spacial score (nSPS) is 12.2. The highest BCUT2D eigenvalue weighted by atomic mass is 19.1. The second-order valence-corrected chi connectivity index (χ2v) is 4.75. The fourth-order valence-corrected chi connectivity index (χ4v) is 1.95. The van der Waals surface area contributed by atoms with Crippen molar-refractivity contribution in [1.29, 1.82) is 0 Å². The van der Waals surface area contributed by atoms with E-state index in [1.54, 1.807) is 0 Å². The molecule has 0 radical (unpaired) electrons. The average Bonchev–Trinajstić information content (AvgIpc) is 2.38. The van der Waals surface area contributed by atoms with Crippen molar-refractivity contribution < 1.29 is 13.6 Å². The molecule has 0 aromatic heterocycles. The van der Waals surface area contributed by atoms with Gasteiger partial charge in [0.15, 0.2) is 0 Å². The molecule has 19 heavy (non-hydrogen) atoms. The van der Waals surface area contributed by atoms with Crippen molar-refractivity contribution in [1.82, 2.24) is 5.32 Å². The monoisotopic (exact) mass is 269 g/mol. The zero-order valence-corrected chi connectivity index (χ0v) is 11.5. The molecule has 1 amide bonds. The number of hydrogen-bond donors (Lipinski definition) is 1. The van der Waals surface area contributed by atoms with E-state index < -0.39 is 17.5 Å². The first-order valence-corrected chi connectivity index (χ1v) is 6.81. The van der Waals surface area contributed by atoms with Gasteiger partial charge in [0.05, 0.1) is 5.56 Å². The quantitative estimate of drug-likeness (QED) is 0.799. The number of rotatable bonds is 7. The van der Waals surface area contributed by atoms with Crippen molar-refractivity contribution in [2.45, 2.75) is 39.5 Å². The van der Waals surface area contributed by atoms with Crippen LogP contribution in [0.2, 0.25) is 0 Å². The van der Waals surface area contributed by atoms with Gasteiger partial charge in [-0.25, -0.2) is 8.78 Å². The summed E-state index contributed by atoms with van der Waals surface area (Å²) in [5.41, 5.74) is -0.105. The molecule has 0 aliphatic carbocycles. The summed E-state index contributed by atoms with van der Waals surface area (Å²) in [5.74, 6) is -1.57. The third-order valence-corrected chi connectivity index (χ3v) is 3.27. The first-order valence-electron chi connectivity index (χ1n) is 6.81. The molecular formula is C15H21F2NO. The molecule has 106 valence electrons. The maximum atomic E-state index is 13.4. The van der Waals surface area contributed by atoms with Gasteiger partial charge in [-0.2, -0.15) is 0 Å². The third-order valence-electron chi connectivity index (χ3n) is 3.27. The molecule has 0 saturated heterocycles. The second-order valence-electron chi connectivity index (χ2n) is 4.75. The molecule has 1 aromatic rings. The number of unbranched alkanes of at least 4 members (excludes halogenated alkanes) is 1. The second kappa shape index (κ2) is 7.87. The molecule has 0 saturated carbocycles. The summed E-state index contributed by atoms with van der Waals surface area (Å²) in [5, 5.41) is 2.72. The minimum absolute atomic E-state index is 0.105. The van der Waals surface area contributed by atoms with Gasteiger partial charge >= 0.3 is 0 Å². The van der Waals surface area contributed by atoms with Crippen LogP contribution in [-0.2, 0) is 0 Å². The van der Waals surface area contributed by atoms with E-state index in [0.29, 0.717) is 12.5 Å². The van der Waals surface area contributed by atoms with Crippen molar-refractivity contribution in [3.05, 3.63) is 35.4 Å². The topological polar surface area (TPSA) is 29.1 Å². The lowest BCUT2D eigenvalue weighted by molar-refractivity contribution is 0.0941. The van der Waals surface area contributed by atoms with Gasteiger partial charge in [-0.1, -0.05) is 33.1 Å². The van der Waals surface area contributed by atoms with Crippen LogP contribution in [0.3, 0.4) is 0 Å². The highest BCUT2D eigenvalue weighted by molar-refractivity contribution is 5.94. The Balaban J connectivity index is 2.54. The Morgan fingerprint density at radius 1 is 1.32 bits per heavy atom. The fourth-order valence-electron chi connectivity index (χ4n) is 1.95. The summed E-state index contributed by atoms with van der Waals surface area (Å²) in [7, 11) is 0. The number of carbonyl (C=O) groups excluding carboxylic acids is 1. The lowest BCUT2D eigenvalue weighted by Gasteiger charge is -2.15. The van der Waals surface area contributed by atoms with Crippen molar-refractivity contribution in [3.8, 4) is 0 Å². The van der Waals surface area contributed by atoms with Crippen LogP contribution in [0.5, 0.6) is 0 Å². The standard InChI is InChI=1S/C15H21F2NO/c1-3-5-6-11(4-2)10-18-15(19)13-8-7-12(16)9-14(13)17/h7-9,11H,3-6,10H2,1-2H3,(H,18,19)/t11-/m0/s1. The predicted molar refractivity (Wildman–Crippen MR) is 72.0 cm³/mol. The summed E-state index contributed by atoms with van der Waals surface area (Å²) in [4.78, 5) is 11.8. The molecule has 1 atom stereocenters. The summed E-state index contributed by atoms with van der Waals surface area (Å²) >= 11 is 0. The first-order chi connectivity index (χ1) is 9.08. The van der Waals surface area contributed by atoms with Crippen LogP contribution in [0, 0.1) is 17.6 Å². The minimum atomic E-state index is -0.820. The molecule has 0 aliphatic rings. The van der Waals surface area contributed by atoms with Crippen molar-refractivity contribution >= 4 is 5.91 Å². The highest BCUT2D eigenvalue weighted by Crippen LogP contribution is 2.13. The molecule has 0 spiro atoms. The zero-order valence-electron chi connectivity index (χ0n) is 11.5. The predicted octanol–water partition coefficient (Wildman–Crippen LogP) is 3.91. The zero-order chi connectivity index (χ0) is 14.3. The molecule has 1 aromatic carbocycles. The SMILES string of the molecule is CCCC[C@H](CC)CNC(=O)c1ccc(F)cc1F. The Hall–Kier alpha value is -1.45. The lowest BCUT2D eigenvalue weighted by Crippen LogP contribution is -2.29. The molecule has 0 bridgehead atoms. The van der Waals surface area contributed by atoms with Gasteiger partial charge in [-0.3, -0.25) is 4.79 Å². The Kier molecular flexibility index (Phi) is 6.46. The summed E-state index contributed by atoms with van der Waals surface area (Å²) in [6.45, 7) is 4.73. The Labute approximate surface area is 113 Å². The van der Waals surface area contributed by atoms with Gasteiger partial charge in [0, 0.05) is 12.6 Å². The van der Waals surface area contributed by atoms with E-state index in [4.69, 9.17) is 0 Å². The van der Waals surface area contributed by atoms with Crippen molar-refractivity contribution in [2.75, 3.05) is 6.54 Å². The lowest BCUT2D eigenvalue weighted by atomic mass is 9.99. The number of hydrogen-bond acceptors (Lipinski definition) is 1. The van der Waals surface area contributed by atoms with Crippen molar-refractivity contribution in [2.24, 2.45) is 5.92 Å². The van der Waals surface area contributed by atoms with Crippen LogP contribution >= 0.6 is 0 Å². The van der Waals surface area contributed by atoms with Gasteiger partial charge < -0.3 is 5.32 Å². The van der Waals surface area contributed by atoms with Crippen LogP contribution in [0.25, 0.3) is 0 Å². The first kappa shape index (κ1) is 15.6. The van der Waals surface area contributed by atoms with Crippen LogP contribution in [0.4, 0.5) is 8.78 Å². The number of halogens is 2. The van der Waals surface area contributed by atoms with E-state index in [-0.39, 0.29) is 5.56 Å². The van der Waals surface area contributed by atoms with E-state index >= 15 is 0 Å². The van der Waals surface area contributed by atoms with E-state index in [1.165, 1.54) is 6.07 Å². The van der Waals surface area contributed by atoms with Gasteiger partial charge in [0.25, 0.3) is 5.91 Å². The van der Waals surface area contributed by atoms with Crippen LogP contribution < -0.4 is 5.32 Å². The van der Waals surface area contributed by atoms with E-state index in [9.17, 15) is 13.6 Å². The molecule has 0 heterocycles. The molecule has 4 heteroatoms. The Morgan fingerprint density at radius 3 is 2.63 bits per heavy atom. The average molecular weight is 269 g/mol. The molecular weight excluding hydrogens is 248 g/mol. The van der Waals surface area contributed by atoms with Gasteiger partial charge in [0.2, 0.25) is 0 Å². The highest BCUT2D eigenvalue weighted by Gasteiger charge is 2.14. The molecule has 1 N–H and O–H groups in total. The third kappa shape index (κ3) is 4.97. The molecule has 1 rings (SSSR count).